The molecule has 2 aromatic carbocycles. The lowest BCUT2D eigenvalue weighted by molar-refractivity contribution is 0.170. The molecule has 4 N–H and O–H groups in total. The van der Waals surface area contributed by atoms with Crippen LogP contribution in [0.5, 0.6) is 0 Å². The molecule has 0 aliphatic carbocycles. The number of nitrogens with one attached hydrogen (secondary N) is 3. The van der Waals surface area contributed by atoms with E-state index in [1.165, 1.54) is 12.1 Å². The van der Waals surface area contributed by atoms with E-state index in [1.807, 2.05) is 37.3 Å². The number of halogens is 2. The van der Waals surface area contributed by atoms with Crippen LogP contribution in [0.1, 0.15) is 30.6 Å². The van der Waals surface area contributed by atoms with Gasteiger partial charge in [-0.05, 0) is 43.5 Å². The third-order valence-electron chi connectivity index (χ3n) is 4.31. The molecule has 172 valence electrons. The van der Waals surface area contributed by atoms with Gasteiger partial charge in [0.05, 0.1) is 17.5 Å². The Labute approximate surface area is 200 Å². The van der Waals surface area contributed by atoms with Gasteiger partial charge in [-0.15, -0.1) is 24.0 Å². The molecule has 0 aliphatic rings. The van der Waals surface area contributed by atoms with Crippen molar-refractivity contribution < 1.29 is 17.9 Å². The smallest absolute Gasteiger partial charge is 0.234 e. The zero-order valence-electron chi connectivity index (χ0n) is 17.6. The first-order valence-electron chi connectivity index (χ1n) is 9.82. The van der Waals surface area contributed by atoms with Crippen molar-refractivity contribution in [2.24, 2.45) is 4.99 Å². The number of rotatable bonds is 10. The zero-order chi connectivity index (χ0) is 22.0. The summed E-state index contributed by atoms with van der Waals surface area (Å²) in [6, 6.07) is 13.5. The highest BCUT2D eigenvalue weighted by Crippen LogP contribution is 2.16. The Hall–Kier alpha value is -1.92. The molecule has 10 heteroatoms. The summed E-state index contributed by atoms with van der Waals surface area (Å²) >= 11 is 0. The fraction of sp³-hybridized carbons (Fsp3) is 0.381. The third-order valence-corrected chi connectivity index (χ3v) is 5.60. The number of sulfonamides is 1. The van der Waals surface area contributed by atoms with Gasteiger partial charge in [0.2, 0.25) is 10.0 Å². The molecule has 0 heterocycles. The average Bonchev–Trinajstić information content (AvgIpc) is 2.71. The molecule has 1 unspecified atom stereocenters. The number of aliphatic hydroxyl groups is 1. The van der Waals surface area contributed by atoms with Crippen molar-refractivity contribution in [1.82, 2.24) is 10.6 Å². The monoisotopic (exact) mass is 564 g/mol. The van der Waals surface area contributed by atoms with Crippen LogP contribution in [0.25, 0.3) is 0 Å². The van der Waals surface area contributed by atoms with Gasteiger partial charge in [-0.3, -0.25) is 9.71 Å². The molecule has 0 aromatic heterocycles. The molecular formula is C21H30FIN4O3S. The lowest BCUT2D eigenvalue weighted by Gasteiger charge is -2.13. The largest absolute Gasteiger partial charge is 0.388 e. The lowest BCUT2D eigenvalue weighted by atomic mass is 10.1. The maximum Gasteiger partial charge on any atom is 0.234 e. The molecular weight excluding hydrogens is 534 g/mol. The lowest BCUT2D eigenvalue weighted by Crippen LogP contribution is -2.40. The van der Waals surface area contributed by atoms with Crippen molar-refractivity contribution in [3.8, 4) is 0 Å². The summed E-state index contributed by atoms with van der Waals surface area (Å²) < 4.78 is 40.4. The van der Waals surface area contributed by atoms with Gasteiger partial charge in [0.25, 0.3) is 0 Å². The van der Waals surface area contributed by atoms with Crippen LogP contribution in [0.4, 0.5) is 10.1 Å². The average molecular weight is 564 g/mol. The topological polar surface area (TPSA) is 103 Å². The summed E-state index contributed by atoms with van der Waals surface area (Å²) in [5.41, 5.74) is 1.47. The maximum atomic E-state index is 13.6. The number of nitrogens with zero attached hydrogens (tertiary/aromatic N) is 1. The predicted octanol–water partition coefficient (Wildman–Crippen LogP) is 3.17. The Morgan fingerprint density at radius 3 is 2.52 bits per heavy atom. The fourth-order valence-corrected chi connectivity index (χ4v) is 3.63. The van der Waals surface area contributed by atoms with Crippen LogP contribution in [-0.2, 0) is 10.0 Å². The first-order valence-corrected chi connectivity index (χ1v) is 11.5. The van der Waals surface area contributed by atoms with E-state index in [1.54, 1.807) is 6.92 Å². The van der Waals surface area contributed by atoms with Crippen LogP contribution in [-0.4, -0.2) is 44.9 Å². The molecule has 0 radical (unpaired) electrons. The Morgan fingerprint density at radius 1 is 1.16 bits per heavy atom. The quantitative estimate of drug-likeness (QED) is 0.202. The molecule has 2 aromatic rings. The molecule has 1 atom stereocenters. The molecule has 0 amide bonds. The third kappa shape index (κ3) is 9.83. The van der Waals surface area contributed by atoms with Gasteiger partial charge in [0.1, 0.15) is 5.82 Å². The van der Waals surface area contributed by atoms with E-state index in [0.29, 0.717) is 31.0 Å². The van der Waals surface area contributed by atoms with Crippen molar-refractivity contribution >= 4 is 45.6 Å². The fourth-order valence-electron chi connectivity index (χ4n) is 2.67. The van der Waals surface area contributed by atoms with E-state index in [0.717, 1.165) is 11.6 Å². The number of aryl methyl sites for hydroxylation is 1. The number of hydrogen-bond donors (Lipinski definition) is 4. The van der Waals surface area contributed by atoms with E-state index >= 15 is 0 Å². The van der Waals surface area contributed by atoms with Gasteiger partial charge >= 0.3 is 0 Å². The Kier molecular flexibility index (Phi) is 11.8. The molecule has 0 saturated heterocycles. The van der Waals surface area contributed by atoms with Gasteiger partial charge in [0.15, 0.2) is 5.96 Å². The van der Waals surface area contributed by atoms with Crippen LogP contribution in [0.15, 0.2) is 53.5 Å². The summed E-state index contributed by atoms with van der Waals surface area (Å²) in [4.78, 5) is 4.37. The highest BCUT2D eigenvalue weighted by atomic mass is 127. The number of hydrogen-bond acceptors (Lipinski definition) is 4. The van der Waals surface area contributed by atoms with Gasteiger partial charge in [-0.1, -0.05) is 36.4 Å². The summed E-state index contributed by atoms with van der Waals surface area (Å²) in [6.45, 7) is 4.62. The highest BCUT2D eigenvalue weighted by Gasteiger charge is 2.12. The second-order valence-corrected chi connectivity index (χ2v) is 8.63. The summed E-state index contributed by atoms with van der Waals surface area (Å²) in [5, 5.41) is 16.2. The van der Waals surface area contributed by atoms with Crippen molar-refractivity contribution in [1.29, 1.82) is 0 Å². The first-order chi connectivity index (χ1) is 14.3. The SMILES string of the molecule is CCNC(=NCCC(O)c1ccccc1)NCCS(=O)(=O)Nc1ccc(C)c(F)c1.I. The van der Waals surface area contributed by atoms with E-state index in [4.69, 9.17) is 0 Å². The van der Waals surface area contributed by atoms with Gasteiger partial charge in [-0.25, -0.2) is 12.8 Å². The second-order valence-electron chi connectivity index (χ2n) is 6.79. The molecule has 0 fully saturated rings. The Balaban J connectivity index is 0.00000480. The number of aliphatic hydroxyl groups excluding tert-OH is 1. The number of anilines is 1. The van der Waals surface area contributed by atoms with Crippen molar-refractivity contribution in [2.75, 3.05) is 30.1 Å². The van der Waals surface area contributed by atoms with Gasteiger partial charge < -0.3 is 15.7 Å². The van der Waals surface area contributed by atoms with E-state index in [9.17, 15) is 17.9 Å². The van der Waals surface area contributed by atoms with Crippen LogP contribution >= 0.6 is 24.0 Å². The van der Waals surface area contributed by atoms with Crippen LogP contribution in [0, 0.1) is 12.7 Å². The van der Waals surface area contributed by atoms with E-state index in [2.05, 4.69) is 20.3 Å². The summed E-state index contributed by atoms with van der Waals surface area (Å²) in [5.74, 6) is -0.207. The normalized spacial score (nSPS) is 12.6. The minimum Gasteiger partial charge on any atom is -0.388 e. The predicted molar refractivity (Wildman–Crippen MR) is 134 cm³/mol. The zero-order valence-corrected chi connectivity index (χ0v) is 20.8. The maximum absolute atomic E-state index is 13.6. The van der Waals surface area contributed by atoms with Gasteiger partial charge in [0, 0.05) is 19.6 Å². The molecule has 7 nitrogen and oxygen atoms in total. The van der Waals surface area contributed by atoms with Crippen molar-refractivity contribution in [3.05, 3.63) is 65.5 Å². The van der Waals surface area contributed by atoms with Crippen molar-refractivity contribution in [3.63, 3.8) is 0 Å². The van der Waals surface area contributed by atoms with Crippen LogP contribution in [0.3, 0.4) is 0 Å². The Morgan fingerprint density at radius 2 is 1.87 bits per heavy atom. The molecule has 2 rings (SSSR count). The highest BCUT2D eigenvalue weighted by molar-refractivity contribution is 14.0. The number of guanidine groups is 1. The first kappa shape index (κ1) is 27.1. The molecule has 0 saturated carbocycles. The molecule has 0 aliphatic heterocycles. The Bertz CT molecular complexity index is 943. The number of benzene rings is 2. The van der Waals surface area contributed by atoms with E-state index in [-0.39, 0.29) is 42.0 Å². The minimum atomic E-state index is -3.65. The van der Waals surface area contributed by atoms with Crippen molar-refractivity contribution in [2.45, 2.75) is 26.4 Å². The molecule has 0 bridgehead atoms. The number of aliphatic imine (C=N–C) groups is 1. The molecule has 0 spiro atoms. The standard InChI is InChI=1S/C21H29FN4O3S.HI/c1-3-23-21(24-12-11-20(27)17-7-5-4-6-8-17)25-13-14-30(28,29)26-18-10-9-16(2)19(22)15-18;/h4-10,15,20,26-27H,3,11-14H2,1-2H3,(H2,23,24,25);1H. The second kappa shape index (κ2) is 13.5. The van der Waals surface area contributed by atoms with Gasteiger partial charge in [-0.2, -0.15) is 0 Å². The van der Waals surface area contributed by atoms with Crippen LogP contribution in [0.2, 0.25) is 0 Å². The van der Waals surface area contributed by atoms with E-state index < -0.39 is 21.9 Å². The minimum absolute atomic E-state index is 0. The summed E-state index contributed by atoms with van der Waals surface area (Å²) in [7, 11) is -3.65. The van der Waals surface area contributed by atoms with Crippen LogP contribution < -0.4 is 15.4 Å². The summed E-state index contributed by atoms with van der Waals surface area (Å²) in [6.07, 6.45) is -0.170. The molecule has 31 heavy (non-hydrogen) atoms.